The van der Waals surface area contributed by atoms with E-state index in [1.54, 1.807) is 36.4 Å². The van der Waals surface area contributed by atoms with Gasteiger partial charge in [-0.3, -0.25) is 4.79 Å². The molecule has 0 saturated carbocycles. The van der Waals surface area contributed by atoms with E-state index in [0.29, 0.717) is 0 Å². The SMILES string of the molecule is CC(=O)c1cc(C(=O)Oc2ccc(C(C)(C)c3ccc(OC(=O)c4ccc5c(c4)C(=O)OC5=O)cc3)cc2)ccc1C(=O)O. The maximum Gasteiger partial charge on any atom is 0.346 e. The minimum Gasteiger partial charge on any atom is -0.478 e. The maximum absolute atomic E-state index is 12.7. The molecule has 5 rings (SSSR count). The first kappa shape index (κ1) is 29.6. The number of hydrogen-bond donors (Lipinski definition) is 1. The molecule has 1 aliphatic rings. The van der Waals surface area contributed by atoms with Crippen LogP contribution in [0.15, 0.2) is 84.9 Å². The molecule has 0 atom stereocenters. The Kier molecular flexibility index (Phi) is 7.67. The summed E-state index contributed by atoms with van der Waals surface area (Å²) >= 11 is 0. The third-order valence-corrected chi connectivity index (χ3v) is 7.32. The minimum atomic E-state index is -1.27. The lowest BCUT2D eigenvalue weighted by Gasteiger charge is -2.26. The predicted octanol–water partition coefficient (Wildman–Crippen LogP) is 5.66. The molecule has 10 nitrogen and oxygen atoms in total. The number of esters is 4. The lowest BCUT2D eigenvalue weighted by Crippen LogP contribution is -2.19. The molecular weight excluding hydrogens is 568 g/mol. The zero-order valence-corrected chi connectivity index (χ0v) is 23.7. The molecule has 0 radical (unpaired) electrons. The van der Waals surface area contributed by atoms with E-state index < -0.39 is 41.0 Å². The van der Waals surface area contributed by atoms with Crippen LogP contribution in [0.25, 0.3) is 0 Å². The van der Waals surface area contributed by atoms with Crippen molar-refractivity contribution >= 4 is 35.6 Å². The highest BCUT2D eigenvalue weighted by molar-refractivity contribution is 6.15. The number of carboxylic acids is 1. The van der Waals surface area contributed by atoms with Gasteiger partial charge in [-0.15, -0.1) is 0 Å². The smallest absolute Gasteiger partial charge is 0.346 e. The second-order valence-electron chi connectivity index (χ2n) is 10.5. The zero-order chi connectivity index (χ0) is 31.8. The average molecular weight is 593 g/mol. The van der Waals surface area contributed by atoms with Gasteiger partial charge in [0, 0.05) is 11.0 Å². The van der Waals surface area contributed by atoms with Gasteiger partial charge >= 0.3 is 29.8 Å². The fraction of sp³-hybridized carbons (Fsp3) is 0.118. The Morgan fingerprint density at radius 1 is 0.636 bits per heavy atom. The van der Waals surface area contributed by atoms with Gasteiger partial charge < -0.3 is 19.3 Å². The first-order valence-corrected chi connectivity index (χ1v) is 13.3. The molecule has 0 fully saturated rings. The normalized spacial score (nSPS) is 12.2. The topological polar surface area (TPSA) is 150 Å². The van der Waals surface area contributed by atoms with Crippen LogP contribution in [-0.2, 0) is 10.2 Å². The van der Waals surface area contributed by atoms with Gasteiger partial charge in [0.05, 0.1) is 27.8 Å². The first-order chi connectivity index (χ1) is 20.8. The van der Waals surface area contributed by atoms with Gasteiger partial charge in [0.15, 0.2) is 5.78 Å². The molecule has 1 heterocycles. The van der Waals surface area contributed by atoms with Crippen molar-refractivity contribution in [2.24, 2.45) is 0 Å². The Hall–Kier alpha value is -5.90. The van der Waals surface area contributed by atoms with Gasteiger partial charge in [-0.25, -0.2) is 24.0 Å². The van der Waals surface area contributed by atoms with Crippen molar-refractivity contribution in [1.29, 1.82) is 0 Å². The standard InChI is InChI=1S/C34H24O10/c1-18(35)27-16-19(4-14-25(27)29(36)37)30(38)42-23-10-6-21(7-11-23)34(2,3)22-8-12-24(13-9-22)43-31(39)20-5-15-26-28(17-20)33(41)44-32(26)40/h4-17H,1-3H3,(H,36,37). The third kappa shape index (κ3) is 5.73. The van der Waals surface area contributed by atoms with Crippen LogP contribution in [-0.4, -0.2) is 40.7 Å². The number of benzene rings is 4. The van der Waals surface area contributed by atoms with Crippen LogP contribution in [0, 0.1) is 0 Å². The van der Waals surface area contributed by atoms with Gasteiger partial charge in [-0.05, 0) is 78.7 Å². The molecule has 0 aliphatic carbocycles. The summed E-state index contributed by atoms with van der Waals surface area (Å²) in [4.78, 5) is 72.0. The number of fused-ring (bicyclic) bond motifs is 1. The predicted molar refractivity (Wildman–Crippen MR) is 155 cm³/mol. The van der Waals surface area contributed by atoms with Gasteiger partial charge in [0.2, 0.25) is 0 Å². The highest BCUT2D eigenvalue weighted by Gasteiger charge is 2.31. The van der Waals surface area contributed by atoms with Crippen molar-refractivity contribution in [3.8, 4) is 11.5 Å². The molecule has 4 aromatic carbocycles. The van der Waals surface area contributed by atoms with Crippen molar-refractivity contribution < 1.29 is 48.1 Å². The Morgan fingerprint density at radius 3 is 1.61 bits per heavy atom. The molecule has 0 amide bonds. The summed E-state index contributed by atoms with van der Waals surface area (Å²) < 4.78 is 15.4. The highest BCUT2D eigenvalue weighted by atomic mass is 16.6. The summed E-state index contributed by atoms with van der Waals surface area (Å²) in [5.74, 6) is -4.23. The minimum absolute atomic E-state index is 0.0128. The Balaban J connectivity index is 1.26. The first-order valence-electron chi connectivity index (χ1n) is 13.3. The van der Waals surface area contributed by atoms with Gasteiger partial charge in [0.1, 0.15) is 11.5 Å². The van der Waals surface area contributed by atoms with Crippen LogP contribution in [0.3, 0.4) is 0 Å². The highest BCUT2D eigenvalue weighted by Crippen LogP contribution is 2.34. The van der Waals surface area contributed by atoms with Crippen LogP contribution >= 0.6 is 0 Å². The number of hydrogen-bond acceptors (Lipinski definition) is 9. The number of rotatable bonds is 8. The Labute approximate surface area is 250 Å². The summed E-state index contributed by atoms with van der Waals surface area (Å²) in [6.45, 7) is 5.21. The van der Waals surface area contributed by atoms with E-state index in [2.05, 4.69) is 4.74 Å². The monoisotopic (exact) mass is 592 g/mol. The van der Waals surface area contributed by atoms with Crippen molar-refractivity contribution in [3.63, 3.8) is 0 Å². The Morgan fingerprint density at radius 2 is 1.11 bits per heavy atom. The number of Topliss-reactive ketones (excluding diaryl/α,β-unsaturated/α-hetero) is 1. The summed E-state index contributed by atoms with van der Waals surface area (Å²) in [5.41, 5.74) is 1.26. The van der Waals surface area contributed by atoms with Crippen molar-refractivity contribution in [2.75, 3.05) is 0 Å². The lowest BCUT2D eigenvalue weighted by atomic mass is 9.78. The van der Waals surface area contributed by atoms with E-state index in [9.17, 15) is 33.9 Å². The third-order valence-electron chi connectivity index (χ3n) is 7.32. The van der Waals surface area contributed by atoms with Gasteiger partial charge in [-0.1, -0.05) is 38.1 Å². The zero-order valence-electron chi connectivity index (χ0n) is 23.7. The van der Waals surface area contributed by atoms with Crippen LogP contribution in [0.2, 0.25) is 0 Å². The van der Waals surface area contributed by atoms with Gasteiger partial charge in [0.25, 0.3) is 0 Å². The van der Waals surface area contributed by atoms with E-state index in [0.717, 1.165) is 11.1 Å². The van der Waals surface area contributed by atoms with Crippen LogP contribution < -0.4 is 9.47 Å². The summed E-state index contributed by atoms with van der Waals surface area (Å²) in [7, 11) is 0. The van der Waals surface area contributed by atoms with Crippen molar-refractivity contribution in [1.82, 2.24) is 0 Å². The number of ketones is 1. The number of carbonyl (C=O) groups excluding carboxylic acids is 5. The number of aromatic carboxylic acids is 1. The summed E-state index contributed by atoms with van der Waals surface area (Å²) in [6.07, 6.45) is 0. The van der Waals surface area contributed by atoms with E-state index in [4.69, 9.17) is 9.47 Å². The molecule has 0 spiro atoms. The second kappa shape index (κ2) is 11.4. The number of carboxylic acid groups (broad SMARTS) is 1. The summed E-state index contributed by atoms with van der Waals surface area (Å²) in [6, 6.07) is 21.4. The lowest BCUT2D eigenvalue weighted by molar-refractivity contribution is 0.0442. The van der Waals surface area contributed by atoms with E-state index in [1.807, 2.05) is 26.0 Å². The molecule has 0 saturated heterocycles. The average Bonchev–Trinajstić information content (AvgIpc) is 3.29. The van der Waals surface area contributed by atoms with E-state index in [-0.39, 0.29) is 44.9 Å². The van der Waals surface area contributed by atoms with E-state index in [1.165, 1.54) is 43.3 Å². The fourth-order valence-electron chi connectivity index (χ4n) is 4.74. The largest absolute Gasteiger partial charge is 0.478 e. The molecule has 0 unspecified atom stereocenters. The molecule has 10 heteroatoms. The van der Waals surface area contributed by atoms with Crippen LogP contribution in [0.5, 0.6) is 11.5 Å². The van der Waals surface area contributed by atoms with Gasteiger partial charge in [-0.2, -0.15) is 0 Å². The Bertz CT molecular complexity index is 1870. The van der Waals surface area contributed by atoms with Crippen molar-refractivity contribution in [3.05, 3.63) is 129 Å². The molecule has 1 N–H and O–H groups in total. The number of carbonyl (C=O) groups is 6. The molecule has 44 heavy (non-hydrogen) atoms. The maximum atomic E-state index is 12.7. The molecule has 0 bridgehead atoms. The number of cyclic esters (lactones) is 2. The quantitative estimate of drug-likeness (QED) is 0.117. The molecule has 1 aliphatic heterocycles. The molecular formula is C34H24O10. The molecule has 0 aromatic heterocycles. The molecule has 220 valence electrons. The van der Waals surface area contributed by atoms with Crippen molar-refractivity contribution in [2.45, 2.75) is 26.2 Å². The number of ether oxygens (including phenoxy) is 3. The fourth-order valence-corrected chi connectivity index (χ4v) is 4.74. The summed E-state index contributed by atoms with van der Waals surface area (Å²) in [5, 5.41) is 9.27. The second-order valence-corrected chi connectivity index (χ2v) is 10.5. The van der Waals surface area contributed by atoms with E-state index >= 15 is 0 Å². The van der Waals surface area contributed by atoms with Crippen LogP contribution in [0.1, 0.15) is 94.0 Å². The van der Waals surface area contributed by atoms with Crippen LogP contribution in [0.4, 0.5) is 0 Å². The molecule has 4 aromatic rings.